The number of aromatic hydroxyl groups is 1. The van der Waals surface area contributed by atoms with Crippen molar-refractivity contribution in [3.05, 3.63) is 59.3 Å². The molecule has 5 rings (SSSR count). The van der Waals surface area contributed by atoms with E-state index in [1.165, 1.54) is 4.90 Å². The van der Waals surface area contributed by atoms with Gasteiger partial charge in [0.05, 0.1) is 7.11 Å². The van der Waals surface area contributed by atoms with Crippen molar-refractivity contribution in [1.29, 1.82) is 0 Å². The number of aromatic nitrogens is 1. The minimum absolute atomic E-state index is 0.117. The van der Waals surface area contributed by atoms with Crippen LogP contribution < -0.4 is 4.74 Å². The number of imide groups is 1. The Morgan fingerprint density at radius 2 is 2.00 bits per heavy atom. The van der Waals surface area contributed by atoms with E-state index in [0.717, 1.165) is 33.5 Å². The van der Waals surface area contributed by atoms with Crippen LogP contribution in [0.5, 0.6) is 11.5 Å². The van der Waals surface area contributed by atoms with Gasteiger partial charge >= 0.3 is 6.03 Å². The van der Waals surface area contributed by atoms with Crippen molar-refractivity contribution in [3.63, 3.8) is 0 Å². The standard InChI is InChI=1S/C24H26N4O4/c1-26(2)9-10-27-23(30)20-13-18-17-12-16(32-3)7-8-19(17)25-21(18)22(28(20)24(27)31)14-5-4-6-15(29)11-14/h4-8,11-12,20,22,25,29H,9-10,13H2,1-3H3. The second kappa shape index (κ2) is 7.56. The van der Waals surface area contributed by atoms with Gasteiger partial charge in [-0.1, -0.05) is 12.1 Å². The number of H-pyrrole nitrogens is 1. The number of phenolic OH excluding ortho intramolecular Hbond substituents is 1. The minimum atomic E-state index is -0.588. The van der Waals surface area contributed by atoms with Crippen molar-refractivity contribution >= 4 is 22.8 Å². The van der Waals surface area contributed by atoms with Gasteiger partial charge in [-0.25, -0.2) is 4.79 Å². The molecule has 1 fully saturated rings. The lowest BCUT2D eigenvalue weighted by Gasteiger charge is -2.36. The quantitative estimate of drug-likeness (QED) is 0.603. The van der Waals surface area contributed by atoms with Crippen LogP contribution in [0.15, 0.2) is 42.5 Å². The summed E-state index contributed by atoms with van der Waals surface area (Å²) in [5.41, 5.74) is 3.55. The van der Waals surface area contributed by atoms with Crippen LogP contribution in [0.2, 0.25) is 0 Å². The van der Waals surface area contributed by atoms with Gasteiger partial charge in [0.15, 0.2) is 0 Å². The molecule has 1 aromatic heterocycles. The molecular formula is C24H26N4O4. The van der Waals surface area contributed by atoms with E-state index in [2.05, 4.69) is 4.98 Å². The molecule has 0 spiro atoms. The van der Waals surface area contributed by atoms with Crippen LogP contribution in [0.25, 0.3) is 10.9 Å². The second-order valence-corrected chi connectivity index (χ2v) is 8.63. The summed E-state index contributed by atoms with van der Waals surface area (Å²) in [5.74, 6) is 0.674. The lowest BCUT2D eigenvalue weighted by molar-refractivity contribution is -0.128. The number of urea groups is 1. The van der Waals surface area contributed by atoms with Crippen LogP contribution in [0, 0.1) is 0 Å². The Balaban J connectivity index is 1.67. The fourth-order valence-electron chi connectivity index (χ4n) is 4.83. The Labute approximate surface area is 186 Å². The Bertz CT molecular complexity index is 1220. The molecule has 2 aromatic carbocycles. The second-order valence-electron chi connectivity index (χ2n) is 8.63. The number of carbonyl (C=O) groups excluding carboxylic acids is 2. The van der Waals surface area contributed by atoms with Crippen LogP contribution in [0.1, 0.15) is 22.9 Å². The van der Waals surface area contributed by atoms with Crippen molar-refractivity contribution in [2.24, 2.45) is 0 Å². The monoisotopic (exact) mass is 434 g/mol. The SMILES string of the molecule is COc1ccc2[nH]c3c(c2c1)CC1C(=O)N(CCN(C)C)C(=O)N1C3c1cccc(O)c1. The number of phenols is 1. The molecule has 2 aliphatic rings. The highest BCUT2D eigenvalue weighted by Crippen LogP contribution is 2.44. The molecule has 3 aromatic rings. The predicted molar refractivity (Wildman–Crippen MR) is 120 cm³/mol. The lowest BCUT2D eigenvalue weighted by atomic mass is 9.89. The summed E-state index contributed by atoms with van der Waals surface area (Å²) in [6.07, 6.45) is 0.431. The van der Waals surface area contributed by atoms with Crippen LogP contribution >= 0.6 is 0 Å². The first kappa shape index (κ1) is 20.4. The van der Waals surface area contributed by atoms with Gasteiger partial charge in [0, 0.05) is 36.1 Å². The Morgan fingerprint density at radius 1 is 1.19 bits per heavy atom. The number of hydrogen-bond acceptors (Lipinski definition) is 5. The zero-order chi connectivity index (χ0) is 22.6. The van der Waals surface area contributed by atoms with E-state index in [1.54, 1.807) is 30.2 Å². The predicted octanol–water partition coefficient (Wildman–Crippen LogP) is 2.72. The molecule has 8 nitrogen and oxygen atoms in total. The van der Waals surface area contributed by atoms with Gasteiger partial charge in [0.25, 0.3) is 5.91 Å². The number of methoxy groups -OCH3 is 1. The van der Waals surface area contributed by atoms with Crippen molar-refractivity contribution < 1.29 is 19.4 Å². The van der Waals surface area contributed by atoms with Crippen molar-refractivity contribution in [3.8, 4) is 11.5 Å². The topological polar surface area (TPSA) is 89.1 Å². The van der Waals surface area contributed by atoms with Crippen molar-refractivity contribution in [2.75, 3.05) is 34.3 Å². The molecule has 0 saturated carbocycles. The molecule has 2 unspecified atom stereocenters. The molecule has 8 heteroatoms. The fraction of sp³-hybridized carbons (Fsp3) is 0.333. The van der Waals surface area contributed by atoms with Gasteiger partial charge in [0.2, 0.25) is 0 Å². The molecule has 2 aliphatic heterocycles. The van der Waals surface area contributed by atoms with Gasteiger partial charge in [0.1, 0.15) is 23.6 Å². The Hall–Kier alpha value is -3.52. The average molecular weight is 434 g/mol. The van der Waals surface area contributed by atoms with Crippen LogP contribution in [-0.4, -0.2) is 77.1 Å². The molecule has 0 bridgehead atoms. The van der Waals surface area contributed by atoms with E-state index in [-0.39, 0.29) is 17.7 Å². The zero-order valence-electron chi connectivity index (χ0n) is 18.3. The third-order valence-corrected chi connectivity index (χ3v) is 6.39. The van der Waals surface area contributed by atoms with Gasteiger partial charge in [-0.15, -0.1) is 0 Å². The summed E-state index contributed by atoms with van der Waals surface area (Å²) in [5, 5.41) is 11.1. The summed E-state index contributed by atoms with van der Waals surface area (Å²) in [6.45, 7) is 0.938. The zero-order valence-corrected chi connectivity index (χ0v) is 18.3. The van der Waals surface area contributed by atoms with Gasteiger partial charge < -0.3 is 19.7 Å². The molecule has 1 saturated heterocycles. The van der Waals surface area contributed by atoms with Crippen molar-refractivity contribution in [2.45, 2.75) is 18.5 Å². The molecule has 0 radical (unpaired) electrons. The maximum absolute atomic E-state index is 13.5. The van der Waals surface area contributed by atoms with E-state index >= 15 is 0 Å². The third kappa shape index (κ3) is 3.10. The Kier molecular flexibility index (Phi) is 4.82. The first-order valence-electron chi connectivity index (χ1n) is 10.6. The summed E-state index contributed by atoms with van der Waals surface area (Å²) in [4.78, 5) is 35.3. The highest BCUT2D eigenvalue weighted by atomic mass is 16.5. The molecule has 32 heavy (non-hydrogen) atoms. The molecule has 3 heterocycles. The summed E-state index contributed by atoms with van der Waals surface area (Å²) < 4.78 is 5.41. The number of amides is 3. The first-order chi connectivity index (χ1) is 15.4. The highest BCUT2D eigenvalue weighted by Gasteiger charge is 2.52. The molecule has 166 valence electrons. The summed E-state index contributed by atoms with van der Waals surface area (Å²) >= 11 is 0. The minimum Gasteiger partial charge on any atom is -0.508 e. The average Bonchev–Trinajstić information content (AvgIpc) is 3.25. The van der Waals surface area contributed by atoms with Crippen molar-refractivity contribution in [1.82, 2.24) is 19.7 Å². The molecule has 2 atom stereocenters. The molecule has 3 amide bonds. The number of benzene rings is 2. The van der Waals surface area contributed by atoms with Crippen LogP contribution in [0.3, 0.4) is 0 Å². The van der Waals surface area contributed by atoms with Gasteiger partial charge in [-0.2, -0.15) is 0 Å². The molecular weight excluding hydrogens is 408 g/mol. The first-order valence-corrected chi connectivity index (χ1v) is 10.6. The van der Waals surface area contributed by atoms with E-state index in [1.807, 2.05) is 43.3 Å². The number of ether oxygens (including phenoxy) is 1. The maximum Gasteiger partial charge on any atom is 0.328 e. The third-order valence-electron chi connectivity index (χ3n) is 6.39. The van der Waals surface area contributed by atoms with E-state index in [9.17, 15) is 14.7 Å². The number of aromatic amines is 1. The number of carbonyl (C=O) groups is 2. The maximum atomic E-state index is 13.5. The molecule has 0 aliphatic carbocycles. The van der Waals surface area contributed by atoms with Crippen LogP contribution in [-0.2, 0) is 11.2 Å². The summed E-state index contributed by atoms with van der Waals surface area (Å²) in [7, 11) is 5.45. The number of hydrogen-bond donors (Lipinski definition) is 2. The normalized spacial score (nSPS) is 20.2. The molecule has 2 N–H and O–H groups in total. The number of nitrogens with one attached hydrogen (secondary N) is 1. The highest BCUT2D eigenvalue weighted by molar-refractivity contribution is 6.05. The van der Waals surface area contributed by atoms with Gasteiger partial charge in [-0.3, -0.25) is 14.6 Å². The number of fused-ring (bicyclic) bond motifs is 4. The lowest BCUT2D eigenvalue weighted by Crippen LogP contribution is -2.44. The largest absolute Gasteiger partial charge is 0.508 e. The smallest absolute Gasteiger partial charge is 0.328 e. The summed E-state index contributed by atoms with van der Waals surface area (Å²) in [6, 6.07) is 11.3. The number of likely N-dealkylation sites (N-methyl/N-ethyl adjacent to an activating group) is 1. The van der Waals surface area contributed by atoms with E-state index in [4.69, 9.17) is 4.74 Å². The fourth-order valence-corrected chi connectivity index (χ4v) is 4.83. The van der Waals surface area contributed by atoms with Crippen LogP contribution in [0.4, 0.5) is 4.79 Å². The van der Waals surface area contributed by atoms with Gasteiger partial charge in [-0.05, 0) is 55.6 Å². The van der Waals surface area contributed by atoms with E-state index < -0.39 is 12.1 Å². The Morgan fingerprint density at radius 3 is 2.72 bits per heavy atom. The number of nitrogens with zero attached hydrogens (tertiary/aromatic N) is 3. The van der Waals surface area contributed by atoms with E-state index in [0.29, 0.717) is 19.5 Å². The number of rotatable bonds is 5.